The number of hydrogen-bond acceptors (Lipinski definition) is 3. The molecule has 0 aliphatic carbocycles. The highest BCUT2D eigenvalue weighted by Gasteiger charge is 2.10. The first-order chi connectivity index (χ1) is 13.9. The monoisotopic (exact) mass is 428 g/mol. The Morgan fingerprint density at radius 3 is 2.31 bits per heavy atom. The fraction of sp³-hybridized carbons (Fsp3) is 0.0909. The number of amides is 2. The largest absolute Gasteiger partial charge is 0.484 e. The number of aryl methyl sites for hydroxylation is 1. The van der Waals surface area contributed by atoms with Crippen LogP contribution in [0.3, 0.4) is 0 Å². The number of hydrogen-bond donors (Lipinski definition) is 2. The lowest BCUT2D eigenvalue weighted by molar-refractivity contribution is -0.118. The van der Waals surface area contributed by atoms with Crippen LogP contribution in [-0.2, 0) is 4.79 Å². The Morgan fingerprint density at radius 1 is 0.897 bits per heavy atom. The van der Waals surface area contributed by atoms with Crippen LogP contribution in [0.5, 0.6) is 5.75 Å². The van der Waals surface area contributed by atoms with Gasteiger partial charge in [-0.25, -0.2) is 0 Å². The first-order valence-corrected chi connectivity index (χ1v) is 9.53. The topological polar surface area (TPSA) is 67.4 Å². The maximum absolute atomic E-state index is 12.3. The summed E-state index contributed by atoms with van der Waals surface area (Å²) in [7, 11) is 0. The number of carbonyl (C=O) groups is 2. The number of halogens is 2. The van der Waals surface area contributed by atoms with E-state index >= 15 is 0 Å². The maximum Gasteiger partial charge on any atom is 0.262 e. The van der Waals surface area contributed by atoms with Crippen LogP contribution >= 0.6 is 23.2 Å². The van der Waals surface area contributed by atoms with Crippen LogP contribution in [-0.4, -0.2) is 18.4 Å². The zero-order valence-corrected chi connectivity index (χ0v) is 17.1. The second-order valence-electron chi connectivity index (χ2n) is 6.25. The van der Waals surface area contributed by atoms with Crippen LogP contribution in [0.4, 0.5) is 11.4 Å². The average molecular weight is 429 g/mol. The van der Waals surface area contributed by atoms with Gasteiger partial charge in [0.1, 0.15) is 5.75 Å². The number of nitrogens with one attached hydrogen (secondary N) is 2. The van der Waals surface area contributed by atoms with Gasteiger partial charge in [0.2, 0.25) is 0 Å². The number of carbonyl (C=O) groups excluding carboxylic acids is 2. The van der Waals surface area contributed by atoms with E-state index in [0.29, 0.717) is 32.7 Å². The van der Waals surface area contributed by atoms with Crippen molar-refractivity contribution in [2.24, 2.45) is 0 Å². The number of benzene rings is 3. The Kier molecular flexibility index (Phi) is 6.75. The number of anilines is 2. The first kappa shape index (κ1) is 20.7. The van der Waals surface area contributed by atoms with E-state index in [1.807, 2.05) is 6.92 Å². The Labute approximate surface area is 178 Å². The standard InChI is InChI=1S/C22H18Cl2N2O3/c1-14-12-16(23)8-11-19(14)25-21(27)13-29-17-9-6-15(7-10-17)22(28)26-20-5-3-2-4-18(20)24/h2-12H,13H2,1H3,(H,25,27)(H,26,28). The molecule has 3 aromatic carbocycles. The summed E-state index contributed by atoms with van der Waals surface area (Å²) in [5.74, 6) is -0.112. The molecular weight excluding hydrogens is 411 g/mol. The fourth-order valence-corrected chi connectivity index (χ4v) is 2.97. The van der Waals surface area contributed by atoms with E-state index < -0.39 is 0 Å². The van der Waals surface area contributed by atoms with Gasteiger partial charge in [-0.2, -0.15) is 0 Å². The summed E-state index contributed by atoms with van der Waals surface area (Å²) < 4.78 is 5.48. The van der Waals surface area contributed by atoms with Gasteiger partial charge in [-0.05, 0) is 67.1 Å². The third-order valence-electron chi connectivity index (χ3n) is 4.07. The van der Waals surface area contributed by atoms with Crippen molar-refractivity contribution in [2.45, 2.75) is 6.92 Å². The summed E-state index contributed by atoms with van der Waals surface area (Å²) >= 11 is 12.0. The molecule has 0 heterocycles. The van der Waals surface area contributed by atoms with Crippen LogP contribution in [0.2, 0.25) is 10.0 Å². The van der Waals surface area contributed by atoms with Crippen molar-refractivity contribution in [1.82, 2.24) is 0 Å². The number of para-hydroxylation sites is 1. The smallest absolute Gasteiger partial charge is 0.262 e. The van der Waals surface area contributed by atoms with Gasteiger partial charge in [0.15, 0.2) is 6.61 Å². The lowest BCUT2D eigenvalue weighted by atomic mass is 10.2. The molecule has 7 heteroatoms. The fourth-order valence-electron chi connectivity index (χ4n) is 2.56. The molecule has 0 radical (unpaired) electrons. The van der Waals surface area contributed by atoms with E-state index in [1.54, 1.807) is 66.7 Å². The maximum atomic E-state index is 12.3. The van der Waals surface area contributed by atoms with E-state index in [9.17, 15) is 9.59 Å². The minimum absolute atomic E-state index is 0.159. The minimum Gasteiger partial charge on any atom is -0.484 e. The molecule has 0 unspecified atom stereocenters. The van der Waals surface area contributed by atoms with Gasteiger partial charge in [0.05, 0.1) is 10.7 Å². The third-order valence-corrected chi connectivity index (χ3v) is 4.64. The van der Waals surface area contributed by atoms with Gasteiger partial charge in [0, 0.05) is 16.3 Å². The summed E-state index contributed by atoms with van der Waals surface area (Å²) in [6.45, 7) is 1.70. The predicted molar refractivity (Wildman–Crippen MR) is 116 cm³/mol. The number of ether oxygens (including phenoxy) is 1. The summed E-state index contributed by atoms with van der Waals surface area (Å²) in [5, 5.41) is 6.59. The molecular formula is C22H18Cl2N2O3. The van der Waals surface area contributed by atoms with Crippen molar-refractivity contribution in [2.75, 3.05) is 17.2 Å². The molecule has 0 aliphatic heterocycles. The minimum atomic E-state index is -0.295. The quantitative estimate of drug-likeness (QED) is 0.538. The molecule has 2 N–H and O–H groups in total. The van der Waals surface area contributed by atoms with Gasteiger partial charge in [-0.15, -0.1) is 0 Å². The molecule has 0 bridgehead atoms. The normalized spacial score (nSPS) is 10.3. The van der Waals surface area contributed by atoms with Gasteiger partial charge >= 0.3 is 0 Å². The van der Waals surface area contributed by atoms with E-state index in [2.05, 4.69) is 10.6 Å². The summed E-state index contributed by atoms with van der Waals surface area (Å²) in [6.07, 6.45) is 0. The second kappa shape index (κ2) is 9.45. The van der Waals surface area contributed by atoms with E-state index in [0.717, 1.165) is 5.56 Å². The van der Waals surface area contributed by atoms with Crippen LogP contribution in [0.15, 0.2) is 66.7 Å². The highest BCUT2D eigenvalue weighted by Crippen LogP contribution is 2.22. The first-order valence-electron chi connectivity index (χ1n) is 8.77. The molecule has 3 rings (SSSR count). The summed E-state index contributed by atoms with van der Waals surface area (Å²) in [4.78, 5) is 24.4. The van der Waals surface area contributed by atoms with E-state index in [1.165, 1.54) is 0 Å². The van der Waals surface area contributed by atoms with Crippen LogP contribution in [0.25, 0.3) is 0 Å². The Hall–Kier alpha value is -3.02. The van der Waals surface area contributed by atoms with Crippen LogP contribution < -0.4 is 15.4 Å². The summed E-state index contributed by atoms with van der Waals surface area (Å²) in [6, 6.07) is 18.7. The second-order valence-corrected chi connectivity index (χ2v) is 7.10. The van der Waals surface area contributed by atoms with Gasteiger partial charge < -0.3 is 15.4 Å². The third kappa shape index (κ3) is 5.73. The molecule has 29 heavy (non-hydrogen) atoms. The SMILES string of the molecule is Cc1cc(Cl)ccc1NC(=O)COc1ccc(C(=O)Nc2ccccc2Cl)cc1. The lowest BCUT2D eigenvalue weighted by Gasteiger charge is -2.10. The zero-order chi connectivity index (χ0) is 20.8. The highest BCUT2D eigenvalue weighted by molar-refractivity contribution is 6.33. The molecule has 0 aromatic heterocycles. The van der Waals surface area contributed by atoms with Gasteiger partial charge in [-0.1, -0.05) is 35.3 Å². The predicted octanol–water partition coefficient (Wildman–Crippen LogP) is 5.57. The Morgan fingerprint density at radius 2 is 1.62 bits per heavy atom. The molecule has 5 nitrogen and oxygen atoms in total. The molecule has 0 saturated carbocycles. The van der Waals surface area contributed by atoms with Crippen molar-refractivity contribution in [3.63, 3.8) is 0 Å². The molecule has 0 aliphatic rings. The zero-order valence-electron chi connectivity index (χ0n) is 15.5. The molecule has 0 spiro atoms. The van der Waals surface area contributed by atoms with Crippen molar-refractivity contribution >= 4 is 46.4 Å². The molecule has 3 aromatic rings. The number of rotatable bonds is 6. The molecule has 2 amide bonds. The van der Waals surface area contributed by atoms with Crippen LogP contribution in [0, 0.1) is 6.92 Å². The van der Waals surface area contributed by atoms with Gasteiger partial charge in [-0.3, -0.25) is 9.59 Å². The highest BCUT2D eigenvalue weighted by atomic mass is 35.5. The van der Waals surface area contributed by atoms with Crippen molar-refractivity contribution in [3.05, 3.63) is 87.9 Å². The van der Waals surface area contributed by atoms with Crippen molar-refractivity contribution < 1.29 is 14.3 Å². The van der Waals surface area contributed by atoms with Crippen molar-refractivity contribution in [1.29, 1.82) is 0 Å². The van der Waals surface area contributed by atoms with E-state index in [-0.39, 0.29) is 18.4 Å². The molecule has 0 saturated heterocycles. The van der Waals surface area contributed by atoms with Crippen molar-refractivity contribution in [3.8, 4) is 5.75 Å². The lowest BCUT2D eigenvalue weighted by Crippen LogP contribution is -2.20. The summed E-state index contributed by atoms with van der Waals surface area (Å²) in [5.41, 5.74) is 2.52. The van der Waals surface area contributed by atoms with Crippen LogP contribution in [0.1, 0.15) is 15.9 Å². The van der Waals surface area contributed by atoms with E-state index in [4.69, 9.17) is 27.9 Å². The molecule has 0 fully saturated rings. The molecule has 148 valence electrons. The average Bonchev–Trinajstić information content (AvgIpc) is 2.70. The van der Waals surface area contributed by atoms with Gasteiger partial charge in [0.25, 0.3) is 11.8 Å². The Bertz CT molecular complexity index is 1040. The molecule has 0 atom stereocenters. The Balaban J connectivity index is 1.54.